The summed E-state index contributed by atoms with van der Waals surface area (Å²) in [5.41, 5.74) is 2.15. The quantitative estimate of drug-likeness (QED) is 0.851. The molecule has 0 spiro atoms. The van der Waals surface area contributed by atoms with Gasteiger partial charge in [0.25, 0.3) is 0 Å². The van der Waals surface area contributed by atoms with Gasteiger partial charge in [-0.3, -0.25) is 0 Å². The van der Waals surface area contributed by atoms with Gasteiger partial charge in [-0.2, -0.15) is 0 Å². The van der Waals surface area contributed by atoms with Gasteiger partial charge in [0.1, 0.15) is 5.75 Å². The lowest BCUT2D eigenvalue weighted by Crippen LogP contribution is -2.08. The average Bonchev–Trinajstić information content (AvgIpc) is 2.21. The zero-order valence-electron chi connectivity index (χ0n) is 9.30. The average molecular weight is 226 g/mol. The standard InChI is InChI=1S/C12H16ClNO/c1-9(8-14-2)7-10-11(13)5-4-6-12(10)15-3/h4-7,14H,8H2,1-3H3/b9-7+. The van der Waals surface area contributed by atoms with E-state index in [1.54, 1.807) is 7.11 Å². The fourth-order valence-corrected chi connectivity index (χ4v) is 1.63. The third-order valence-electron chi connectivity index (χ3n) is 2.08. The molecule has 1 N–H and O–H groups in total. The molecule has 0 saturated carbocycles. The maximum atomic E-state index is 6.11. The second kappa shape index (κ2) is 5.79. The fourth-order valence-electron chi connectivity index (χ4n) is 1.41. The maximum absolute atomic E-state index is 6.11. The molecule has 0 radical (unpaired) electrons. The molecule has 1 rings (SSSR count). The predicted molar refractivity (Wildman–Crippen MR) is 65.6 cm³/mol. The van der Waals surface area contributed by atoms with Crippen molar-refractivity contribution in [2.75, 3.05) is 20.7 Å². The number of rotatable bonds is 4. The van der Waals surface area contributed by atoms with Crippen molar-refractivity contribution in [1.29, 1.82) is 0 Å². The van der Waals surface area contributed by atoms with Crippen LogP contribution in [-0.4, -0.2) is 20.7 Å². The first-order valence-corrected chi connectivity index (χ1v) is 5.21. The van der Waals surface area contributed by atoms with Gasteiger partial charge in [-0.05, 0) is 32.2 Å². The lowest BCUT2D eigenvalue weighted by atomic mass is 10.1. The molecule has 0 heterocycles. The Hall–Kier alpha value is -0.990. The fraction of sp³-hybridized carbons (Fsp3) is 0.333. The Morgan fingerprint density at radius 1 is 1.53 bits per heavy atom. The van der Waals surface area contributed by atoms with Crippen molar-refractivity contribution in [3.8, 4) is 5.75 Å². The molecule has 3 heteroatoms. The van der Waals surface area contributed by atoms with Crippen molar-refractivity contribution < 1.29 is 4.74 Å². The van der Waals surface area contributed by atoms with E-state index in [0.717, 1.165) is 17.9 Å². The van der Waals surface area contributed by atoms with E-state index < -0.39 is 0 Å². The number of hydrogen-bond donors (Lipinski definition) is 1. The molecule has 0 aromatic heterocycles. The van der Waals surface area contributed by atoms with E-state index >= 15 is 0 Å². The van der Waals surface area contributed by atoms with Crippen molar-refractivity contribution in [1.82, 2.24) is 5.32 Å². The molecule has 15 heavy (non-hydrogen) atoms. The number of ether oxygens (including phenoxy) is 1. The summed E-state index contributed by atoms with van der Waals surface area (Å²) >= 11 is 6.11. The largest absolute Gasteiger partial charge is 0.496 e. The minimum absolute atomic E-state index is 0.713. The van der Waals surface area contributed by atoms with Gasteiger partial charge < -0.3 is 10.1 Å². The smallest absolute Gasteiger partial charge is 0.127 e. The van der Waals surface area contributed by atoms with E-state index in [9.17, 15) is 0 Å². The monoisotopic (exact) mass is 225 g/mol. The van der Waals surface area contributed by atoms with Crippen LogP contribution in [0.5, 0.6) is 5.75 Å². The molecule has 0 atom stereocenters. The minimum Gasteiger partial charge on any atom is -0.496 e. The van der Waals surface area contributed by atoms with E-state index in [2.05, 4.69) is 12.2 Å². The molecule has 0 saturated heterocycles. The van der Waals surface area contributed by atoms with Crippen LogP contribution in [0.4, 0.5) is 0 Å². The first-order chi connectivity index (χ1) is 7.19. The molecule has 0 aliphatic rings. The molecule has 0 unspecified atom stereocenters. The molecule has 82 valence electrons. The highest BCUT2D eigenvalue weighted by molar-refractivity contribution is 6.32. The summed E-state index contributed by atoms with van der Waals surface area (Å²) in [5.74, 6) is 0.804. The van der Waals surface area contributed by atoms with Crippen molar-refractivity contribution >= 4 is 17.7 Å². The number of benzene rings is 1. The third-order valence-corrected chi connectivity index (χ3v) is 2.41. The molecule has 0 amide bonds. The van der Waals surface area contributed by atoms with Gasteiger partial charge in [0.15, 0.2) is 0 Å². The Labute approximate surface area is 95.9 Å². The number of likely N-dealkylation sites (N-methyl/N-ethyl adjacent to an activating group) is 1. The summed E-state index contributed by atoms with van der Waals surface area (Å²) in [6, 6.07) is 5.65. The van der Waals surface area contributed by atoms with Gasteiger partial charge in [0, 0.05) is 12.1 Å². The van der Waals surface area contributed by atoms with Crippen molar-refractivity contribution in [3.05, 3.63) is 34.4 Å². The zero-order chi connectivity index (χ0) is 11.3. The molecule has 2 nitrogen and oxygen atoms in total. The number of hydrogen-bond acceptors (Lipinski definition) is 2. The lowest BCUT2D eigenvalue weighted by molar-refractivity contribution is 0.414. The number of halogens is 1. The highest BCUT2D eigenvalue weighted by atomic mass is 35.5. The van der Waals surface area contributed by atoms with Crippen LogP contribution in [0.3, 0.4) is 0 Å². The number of methoxy groups -OCH3 is 1. The first kappa shape index (κ1) is 12.1. The zero-order valence-corrected chi connectivity index (χ0v) is 10.1. The summed E-state index contributed by atoms with van der Waals surface area (Å²) < 4.78 is 5.26. The Morgan fingerprint density at radius 2 is 2.27 bits per heavy atom. The molecular weight excluding hydrogens is 210 g/mol. The molecule has 1 aromatic rings. The topological polar surface area (TPSA) is 21.3 Å². The second-order valence-corrected chi connectivity index (χ2v) is 3.78. The summed E-state index contributed by atoms with van der Waals surface area (Å²) in [6.07, 6.45) is 2.04. The number of nitrogens with one attached hydrogen (secondary N) is 1. The first-order valence-electron chi connectivity index (χ1n) is 4.83. The van der Waals surface area contributed by atoms with Crippen LogP contribution in [0.25, 0.3) is 6.08 Å². The highest BCUT2D eigenvalue weighted by Gasteiger charge is 2.04. The lowest BCUT2D eigenvalue weighted by Gasteiger charge is -2.08. The van der Waals surface area contributed by atoms with Gasteiger partial charge >= 0.3 is 0 Å². The molecule has 0 aliphatic heterocycles. The van der Waals surface area contributed by atoms with Crippen molar-refractivity contribution in [3.63, 3.8) is 0 Å². The molecule has 0 aliphatic carbocycles. The third kappa shape index (κ3) is 3.26. The molecule has 0 bridgehead atoms. The summed E-state index contributed by atoms with van der Waals surface area (Å²) in [6.45, 7) is 2.90. The molecule has 1 aromatic carbocycles. The summed E-state index contributed by atoms with van der Waals surface area (Å²) in [4.78, 5) is 0. The van der Waals surface area contributed by atoms with Gasteiger partial charge in [0.2, 0.25) is 0 Å². The summed E-state index contributed by atoms with van der Waals surface area (Å²) in [7, 11) is 3.57. The van der Waals surface area contributed by atoms with Crippen LogP contribution in [0.2, 0.25) is 5.02 Å². The maximum Gasteiger partial charge on any atom is 0.127 e. The van der Waals surface area contributed by atoms with E-state index in [1.807, 2.05) is 31.3 Å². The van der Waals surface area contributed by atoms with E-state index in [-0.39, 0.29) is 0 Å². The highest BCUT2D eigenvalue weighted by Crippen LogP contribution is 2.28. The van der Waals surface area contributed by atoms with E-state index in [4.69, 9.17) is 16.3 Å². The SMILES string of the molecule is CNC/C(C)=C/c1c(Cl)cccc1OC. The van der Waals surface area contributed by atoms with Crippen molar-refractivity contribution in [2.45, 2.75) is 6.92 Å². The van der Waals surface area contributed by atoms with Crippen LogP contribution in [0.15, 0.2) is 23.8 Å². The van der Waals surface area contributed by atoms with Gasteiger partial charge in [-0.1, -0.05) is 23.2 Å². The van der Waals surface area contributed by atoms with Gasteiger partial charge in [-0.15, -0.1) is 0 Å². The minimum atomic E-state index is 0.713. The Kier molecular flexibility index (Phi) is 4.66. The second-order valence-electron chi connectivity index (χ2n) is 3.38. The Bertz CT molecular complexity index is 361. The van der Waals surface area contributed by atoms with Crippen molar-refractivity contribution in [2.24, 2.45) is 0 Å². The molecular formula is C12H16ClNO. The Morgan fingerprint density at radius 3 is 2.87 bits per heavy atom. The summed E-state index contributed by atoms with van der Waals surface area (Å²) in [5, 5.41) is 3.81. The van der Waals surface area contributed by atoms with Gasteiger partial charge in [-0.25, -0.2) is 0 Å². The van der Waals surface area contributed by atoms with Crippen LogP contribution < -0.4 is 10.1 Å². The Balaban J connectivity index is 3.06. The van der Waals surface area contributed by atoms with E-state index in [1.165, 1.54) is 5.57 Å². The van der Waals surface area contributed by atoms with Crippen LogP contribution in [-0.2, 0) is 0 Å². The van der Waals surface area contributed by atoms with Crippen LogP contribution >= 0.6 is 11.6 Å². The normalized spacial score (nSPS) is 11.6. The van der Waals surface area contributed by atoms with Crippen LogP contribution in [0.1, 0.15) is 12.5 Å². The van der Waals surface area contributed by atoms with Crippen LogP contribution in [0, 0.1) is 0 Å². The predicted octanol–water partition coefficient (Wildman–Crippen LogP) is 2.97. The van der Waals surface area contributed by atoms with Gasteiger partial charge in [0.05, 0.1) is 12.1 Å². The molecule has 0 fully saturated rings. The van der Waals surface area contributed by atoms with E-state index in [0.29, 0.717) is 5.02 Å².